The molecular weight excluding hydrogens is 367 g/mol. The van der Waals surface area contributed by atoms with Crippen LogP contribution in [0.25, 0.3) is 4.96 Å². The molecule has 1 fully saturated rings. The summed E-state index contributed by atoms with van der Waals surface area (Å²) in [6.45, 7) is 1.63. The van der Waals surface area contributed by atoms with Crippen LogP contribution in [-0.2, 0) is 17.9 Å². The van der Waals surface area contributed by atoms with Crippen LogP contribution < -0.4 is 5.32 Å². The van der Waals surface area contributed by atoms with E-state index in [9.17, 15) is 14.3 Å². The molecule has 0 radical (unpaired) electrons. The molecule has 8 heteroatoms. The second kappa shape index (κ2) is 7.38. The lowest BCUT2D eigenvalue weighted by atomic mass is 9.91. The first-order chi connectivity index (χ1) is 13.0. The van der Waals surface area contributed by atoms with Crippen molar-refractivity contribution in [2.45, 2.75) is 31.5 Å². The third-order valence-corrected chi connectivity index (χ3v) is 5.63. The van der Waals surface area contributed by atoms with Gasteiger partial charge in [-0.3, -0.25) is 9.20 Å². The SMILES string of the molecule is O=C1N(Cc2ccc(F)cc2)CCC[C@@]1(O)CNCc1cn2ccsc2n1. The molecule has 2 N–H and O–H groups in total. The summed E-state index contributed by atoms with van der Waals surface area (Å²) in [4.78, 5) is 19.9. The van der Waals surface area contributed by atoms with E-state index in [1.165, 1.54) is 12.1 Å². The van der Waals surface area contributed by atoms with Crippen molar-refractivity contribution < 1.29 is 14.3 Å². The van der Waals surface area contributed by atoms with Crippen LogP contribution in [-0.4, -0.2) is 44.0 Å². The first-order valence-corrected chi connectivity index (χ1v) is 9.79. The minimum Gasteiger partial charge on any atom is -0.379 e. The fourth-order valence-electron chi connectivity index (χ4n) is 3.45. The molecular formula is C19H21FN4O2S. The monoisotopic (exact) mass is 388 g/mol. The summed E-state index contributed by atoms with van der Waals surface area (Å²) < 4.78 is 15.0. The highest BCUT2D eigenvalue weighted by Crippen LogP contribution is 2.24. The van der Waals surface area contributed by atoms with Crippen LogP contribution in [0.2, 0.25) is 0 Å². The van der Waals surface area contributed by atoms with Gasteiger partial charge in [0.2, 0.25) is 0 Å². The number of hydrogen-bond acceptors (Lipinski definition) is 5. The van der Waals surface area contributed by atoms with Gasteiger partial charge < -0.3 is 15.3 Å². The molecule has 1 aliphatic rings. The van der Waals surface area contributed by atoms with Crippen LogP contribution in [0.5, 0.6) is 0 Å². The summed E-state index contributed by atoms with van der Waals surface area (Å²) in [7, 11) is 0. The molecule has 1 atom stereocenters. The Hall–Kier alpha value is -2.29. The maximum Gasteiger partial charge on any atom is 0.256 e. The maximum absolute atomic E-state index is 13.1. The molecule has 4 rings (SSSR count). The molecule has 3 aromatic rings. The number of nitrogens with zero attached hydrogens (tertiary/aromatic N) is 3. The molecule has 0 saturated carbocycles. The molecule has 27 heavy (non-hydrogen) atoms. The van der Waals surface area contributed by atoms with Gasteiger partial charge in [0.25, 0.3) is 5.91 Å². The molecule has 1 aromatic carbocycles. The number of hydrogen-bond donors (Lipinski definition) is 2. The largest absolute Gasteiger partial charge is 0.379 e. The fraction of sp³-hybridized carbons (Fsp3) is 0.368. The minimum atomic E-state index is -1.42. The molecule has 0 unspecified atom stereocenters. The van der Waals surface area contributed by atoms with Crippen LogP contribution in [0, 0.1) is 5.82 Å². The zero-order valence-electron chi connectivity index (χ0n) is 14.8. The molecule has 1 amide bonds. The number of aliphatic hydroxyl groups is 1. The highest BCUT2D eigenvalue weighted by Gasteiger charge is 2.41. The predicted molar refractivity (Wildman–Crippen MR) is 101 cm³/mol. The van der Waals surface area contributed by atoms with Gasteiger partial charge in [-0.05, 0) is 30.5 Å². The van der Waals surface area contributed by atoms with Gasteiger partial charge in [-0.2, -0.15) is 0 Å². The third kappa shape index (κ3) is 3.87. The van der Waals surface area contributed by atoms with Crippen molar-refractivity contribution in [1.29, 1.82) is 0 Å². The highest BCUT2D eigenvalue weighted by atomic mass is 32.1. The average molecular weight is 388 g/mol. The number of benzene rings is 1. The van der Waals surface area contributed by atoms with Crippen molar-refractivity contribution in [3.63, 3.8) is 0 Å². The van der Waals surface area contributed by atoms with Gasteiger partial charge >= 0.3 is 0 Å². The number of imidazole rings is 1. The van der Waals surface area contributed by atoms with Crippen molar-refractivity contribution >= 4 is 22.2 Å². The van der Waals surface area contributed by atoms with Gasteiger partial charge in [-0.15, -0.1) is 11.3 Å². The Morgan fingerprint density at radius 2 is 2.15 bits per heavy atom. The number of piperidine rings is 1. The van der Waals surface area contributed by atoms with E-state index in [-0.39, 0.29) is 18.3 Å². The zero-order valence-corrected chi connectivity index (χ0v) is 15.6. The minimum absolute atomic E-state index is 0.178. The zero-order chi connectivity index (χ0) is 18.9. The predicted octanol–water partition coefficient (Wildman–Crippen LogP) is 2.18. The van der Waals surface area contributed by atoms with Gasteiger partial charge in [0.1, 0.15) is 5.82 Å². The maximum atomic E-state index is 13.1. The third-order valence-electron chi connectivity index (χ3n) is 4.86. The molecule has 0 spiro atoms. The van der Waals surface area contributed by atoms with E-state index in [2.05, 4.69) is 10.3 Å². The van der Waals surface area contributed by atoms with Crippen LogP contribution in [0.3, 0.4) is 0 Å². The van der Waals surface area contributed by atoms with Gasteiger partial charge in [0, 0.05) is 44.0 Å². The molecule has 1 saturated heterocycles. The average Bonchev–Trinajstić information content (AvgIpc) is 3.23. The van der Waals surface area contributed by atoms with Crippen molar-refractivity contribution in [3.8, 4) is 0 Å². The van der Waals surface area contributed by atoms with Crippen molar-refractivity contribution in [1.82, 2.24) is 19.6 Å². The van der Waals surface area contributed by atoms with Gasteiger partial charge in [0.05, 0.1) is 5.69 Å². The smallest absolute Gasteiger partial charge is 0.256 e. The molecule has 6 nitrogen and oxygen atoms in total. The topological polar surface area (TPSA) is 69.9 Å². The lowest BCUT2D eigenvalue weighted by molar-refractivity contribution is -0.157. The summed E-state index contributed by atoms with van der Waals surface area (Å²) in [5, 5.41) is 16.0. The Labute approximate surface area is 160 Å². The van der Waals surface area contributed by atoms with Crippen molar-refractivity contribution in [2.75, 3.05) is 13.1 Å². The lowest BCUT2D eigenvalue weighted by Gasteiger charge is -2.38. The van der Waals surface area contributed by atoms with Gasteiger partial charge in [-0.1, -0.05) is 12.1 Å². The molecule has 142 valence electrons. The lowest BCUT2D eigenvalue weighted by Crippen LogP contribution is -2.57. The second-order valence-corrected chi connectivity index (χ2v) is 7.79. The Bertz CT molecular complexity index is 910. The number of amides is 1. The molecule has 1 aliphatic heterocycles. The van der Waals surface area contributed by atoms with Crippen molar-refractivity contribution in [3.05, 3.63) is 59.1 Å². The van der Waals surface area contributed by atoms with E-state index >= 15 is 0 Å². The van der Waals surface area contributed by atoms with E-state index in [1.54, 1.807) is 28.4 Å². The summed E-state index contributed by atoms with van der Waals surface area (Å²) in [5.41, 5.74) is 0.298. The first kappa shape index (κ1) is 18.1. The number of likely N-dealkylation sites (tertiary alicyclic amines) is 1. The number of thiazole rings is 1. The number of halogens is 1. The standard InChI is InChI=1S/C19H21FN4O2S/c20-15-4-2-14(3-5-15)11-23-7-1-6-19(26,17(23)25)13-21-10-16-12-24-8-9-27-18(24)22-16/h2-5,8-9,12,21,26H,1,6-7,10-11,13H2/t19-/m1/s1. The van der Waals surface area contributed by atoms with E-state index in [0.717, 1.165) is 22.6 Å². The highest BCUT2D eigenvalue weighted by molar-refractivity contribution is 7.15. The summed E-state index contributed by atoms with van der Waals surface area (Å²) in [6.07, 6.45) is 5.04. The van der Waals surface area contributed by atoms with Crippen LogP contribution >= 0.6 is 11.3 Å². The quantitative estimate of drug-likeness (QED) is 0.679. The van der Waals surface area contributed by atoms with E-state index < -0.39 is 5.60 Å². The Morgan fingerprint density at radius 1 is 1.33 bits per heavy atom. The van der Waals surface area contributed by atoms with Gasteiger partial charge in [-0.25, -0.2) is 9.37 Å². The summed E-state index contributed by atoms with van der Waals surface area (Å²) in [6, 6.07) is 6.10. The van der Waals surface area contributed by atoms with Crippen LogP contribution in [0.1, 0.15) is 24.1 Å². The molecule has 2 aromatic heterocycles. The summed E-state index contributed by atoms with van der Waals surface area (Å²) in [5.74, 6) is -0.583. The van der Waals surface area contributed by atoms with Crippen LogP contribution in [0.4, 0.5) is 4.39 Å². The number of carbonyl (C=O) groups excluding carboxylic acids is 1. The molecule has 0 aliphatic carbocycles. The number of nitrogens with one attached hydrogen (secondary N) is 1. The molecule has 3 heterocycles. The Morgan fingerprint density at radius 3 is 2.93 bits per heavy atom. The summed E-state index contributed by atoms with van der Waals surface area (Å²) >= 11 is 1.56. The first-order valence-electron chi connectivity index (χ1n) is 8.91. The number of carbonyl (C=O) groups is 1. The van der Waals surface area contributed by atoms with Crippen molar-refractivity contribution in [2.24, 2.45) is 0 Å². The van der Waals surface area contributed by atoms with Gasteiger partial charge in [0.15, 0.2) is 10.6 Å². The number of rotatable bonds is 6. The van der Waals surface area contributed by atoms with Crippen LogP contribution in [0.15, 0.2) is 42.0 Å². The molecule has 0 bridgehead atoms. The number of fused-ring (bicyclic) bond motifs is 1. The normalized spacial score (nSPS) is 20.5. The van der Waals surface area contributed by atoms with E-state index in [1.807, 2.05) is 22.2 Å². The van der Waals surface area contributed by atoms with E-state index in [0.29, 0.717) is 26.1 Å². The Balaban J connectivity index is 1.36. The second-order valence-electron chi connectivity index (χ2n) is 6.92. The fourth-order valence-corrected chi connectivity index (χ4v) is 4.17. The Kier molecular flexibility index (Phi) is 4.94. The van der Waals surface area contributed by atoms with E-state index in [4.69, 9.17) is 0 Å². The number of aromatic nitrogens is 2.